The summed E-state index contributed by atoms with van der Waals surface area (Å²) in [7, 11) is 0. The molecule has 0 N–H and O–H groups in total. The molecule has 0 spiro atoms. The van der Waals surface area contributed by atoms with E-state index in [4.69, 9.17) is 14.8 Å². The fraction of sp³-hybridized carbons (Fsp3) is 0.238. The van der Waals surface area contributed by atoms with Crippen LogP contribution in [-0.2, 0) is 9.57 Å². The van der Waals surface area contributed by atoms with Crippen LogP contribution in [0.15, 0.2) is 66.9 Å². The molecule has 132 valence electrons. The van der Waals surface area contributed by atoms with E-state index in [1.807, 2.05) is 31.2 Å². The molecule has 5 heteroatoms. The third-order valence-electron chi connectivity index (χ3n) is 4.21. The lowest BCUT2D eigenvalue weighted by atomic mass is 9.97. The summed E-state index contributed by atoms with van der Waals surface area (Å²) in [6, 6.07) is 18.1. The Morgan fingerprint density at radius 2 is 1.92 bits per heavy atom. The highest BCUT2D eigenvalue weighted by Gasteiger charge is 2.29. The topological polar surface area (TPSA) is 62.6 Å². The van der Waals surface area contributed by atoms with E-state index in [9.17, 15) is 4.79 Å². The van der Waals surface area contributed by atoms with Crippen LogP contribution in [0.3, 0.4) is 0 Å². The van der Waals surface area contributed by atoms with Crippen LogP contribution < -0.4 is 0 Å². The molecule has 0 aromatic heterocycles. The lowest BCUT2D eigenvalue weighted by Crippen LogP contribution is -2.34. The normalized spacial score (nSPS) is 19.0. The highest BCUT2D eigenvalue weighted by Crippen LogP contribution is 2.32. The van der Waals surface area contributed by atoms with Gasteiger partial charge in [0.25, 0.3) is 0 Å². The van der Waals surface area contributed by atoms with E-state index in [2.05, 4.69) is 6.07 Å². The summed E-state index contributed by atoms with van der Waals surface area (Å²) >= 11 is 0. The molecule has 2 aromatic rings. The molecule has 0 aliphatic carbocycles. The van der Waals surface area contributed by atoms with Gasteiger partial charge in [0.1, 0.15) is 0 Å². The molecule has 2 atom stereocenters. The van der Waals surface area contributed by atoms with E-state index < -0.39 is 5.97 Å². The summed E-state index contributed by atoms with van der Waals surface area (Å²) in [6.45, 7) is 2.56. The number of hydrogen-bond acceptors (Lipinski definition) is 5. The molecule has 2 unspecified atom stereocenters. The number of hydrogen-bond donors (Lipinski definition) is 0. The second-order valence-electron chi connectivity index (χ2n) is 5.93. The lowest BCUT2D eigenvalue weighted by molar-refractivity contribution is -0.118. The van der Waals surface area contributed by atoms with Crippen LogP contribution >= 0.6 is 0 Å². The maximum Gasteiger partial charge on any atom is 0.363 e. The summed E-state index contributed by atoms with van der Waals surface area (Å²) < 4.78 is 5.71. The third kappa shape index (κ3) is 4.11. The first-order valence-electron chi connectivity index (χ1n) is 8.57. The number of nitrogens with zero attached hydrogens (tertiary/aromatic N) is 2. The van der Waals surface area contributed by atoms with Crippen LogP contribution in [-0.4, -0.2) is 23.7 Å². The molecule has 1 aliphatic heterocycles. The Morgan fingerprint density at radius 3 is 2.58 bits per heavy atom. The van der Waals surface area contributed by atoms with Crippen LogP contribution in [0.2, 0.25) is 0 Å². The number of benzene rings is 2. The van der Waals surface area contributed by atoms with Crippen molar-refractivity contribution in [2.75, 3.05) is 6.61 Å². The Labute approximate surface area is 153 Å². The van der Waals surface area contributed by atoms with Gasteiger partial charge in [-0.1, -0.05) is 30.3 Å². The number of hydroxylamine groups is 2. The molecule has 3 rings (SSSR count). The van der Waals surface area contributed by atoms with Gasteiger partial charge in [0.05, 0.1) is 29.3 Å². The minimum atomic E-state index is -0.413. The molecule has 2 aromatic carbocycles. The van der Waals surface area contributed by atoms with Gasteiger partial charge in [-0.15, -0.1) is 0 Å². The van der Waals surface area contributed by atoms with Crippen molar-refractivity contribution < 1.29 is 14.4 Å². The van der Waals surface area contributed by atoms with Crippen molar-refractivity contribution in [2.45, 2.75) is 25.5 Å². The molecule has 26 heavy (non-hydrogen) atoms. The Balaban J connectivity index is 1.83. The molecule has 1 heterocycles. The molecule has 0 saturated heterocycles. The standard InChI is InChI=1S/C21H20N2O3/c1-2-25-19-12-13-23(26-21(24)18-6-4-3-5-7-18)20(14-19)17-10-8-16(15-22)9-11-17/h3-13,19-20H,2,14H2,1H3. The fourth-order valence-corrected chi connectivity index (χ4v) is 2.90. The smallest absolute Gasteiger partial charge is 0.363 e. The molecule has 1 aliphatic rings. The molecular weight excluding hydrogens is 328 g/mol. The van der Waals surface area contributed by atoms with E-state index in [-0.39, 0.29) is 12.1 Å². The van der Waals surface area contributed by atoms with Crippen LogP contribution in [0.5, 0.6) is 0 Å². The molecule has 0 radical (unpaired) electrons. The van der Waals surface area contributed by atoms with E-state index in [1.54, 1.807) is 47.7 Å². The van der Waals surface area contributed by atoms with Gasteiger partial charge in [-0.3, -0.25) is 0 Å². The highest BCUT2D eigenvalue weighted by molar-refractivity contribution is 5.89. The number of ether oxygens (including phenoxy) is 1. The first-order valence-corrected chi connectivity index (χ1v) is 8.57. The van der Waals surface area contributed by atoms with E-state index in [0.29, 0.717) is 24.2 Å². The number of rotatable bonds is 5. The summed E-state index contributed by atoms with van der Waals surface area (Å²) in [4.78, 5) is 18.0. The van der Waals surface area contributed by atoms with Crippen molar-refractivity contribution >= 4 is 5.97 Å². The van der Waals surface area contributed by atoms with Crippen LogP contribution in [0.1, 0.15) is 40.9 Å². The Bertz CT molecular complexity index is 809. The number of carbonyl (C=O) groups excluding carboxylic acids is 1. The molecule has 0 saturated carbocycles. The third-order valence-corrected chi connectivity index (χ3v) is 4.21. The van der Waals surface area contributed by atoms with Gasteiger partial charge >= 0.3 is 5.97 Å². The molecular formula is C21H20N2O3. The summed E-state index contributed by atoms with van der Waals surface area (Å²) in [5, 5.41) is 10.5. The maximum absolute atomic E-state index is 12.4. The summed E-state index contributed by atoms with van der Waals surface area (Å²) in [6.07, 6.45) is 4.24. The zero-order valence-electron chi connectivity index (χ0n) is 14.5. The predicted octanol–water partition coefficient (Wildman–Crippen LogP) is 4.00. The monoisotopic (exact) mass is 348 g/mol. The van der Waals surface area contributed by atoms with E-state index in [1.165, 1.54) is 0 Å². The second kappa shape index (κ2) is 8.32. The van der Waals surface area contributed by atoms with Crippen molar-refractivity contribution in [1.82, 2.24) is 5.06 Å². The molecule has 0 fully saturated rings. The van der Waals surface area contributed by atoms with Gasteiger partial charge in [0, 0.05) is 19.2 Å². The van der Waals surface area contributed by atoms with Gasteiger partial charge < -0.3 is 9.57 Å². The summed E-state index contributed by atoms with van der Waals surface area (Å²) in [5.74, 6) is -0.413. The zero-order valence-corrected chi connectivity index (χ0v) is 14.5. The second-order valence-corrected chi connectivity index (χ2v) is 5.93. The largest absolute Gasteiger partial charge is 0.374 e. The number of nitriles is 1. The van der Waals surface area contributed by atoms with Crippen LogP contribution in [0.4, 0.5) is 0 Å². The Kier molecular flexibility index (Phi) is 5.67. The molecule has 0 bridgehead atoms. The number of carbonyl (C=O) groups is 1. The van der Waals surface area contributed by atoms with Gasteiger partial charge in [-0.05, 0) is 42.8 Å². The van der Waals surface area contributed by atoms with Crippen molar-refractivity contribution in [3.05, 3.63) is 83.6 Å². The van der Waals surface area contributed by atoms with Gasteiger partial charge in [-0.25, -0.2) is 9.86 Å². The highest BCUT2D eigenvalue weighted by atomic mass is 16.7. The van der Waals surface area contributed by atoms with Crippen LogP contribution in [0.25, 0.3) is 0 Å². The first-order chi connectivity index (χ1) is 12.7. The van der Waals surface area contributed by atoms with Gasteiger partial charge in [0.2, 0.25) is 0 Å². The average Bonchev–Trinajstić information content (AvgIpc) is 2.70. The van der Waals surface area contributed by atoms with Gasteiger partial charge in [-0.2, -0.15) is 5.26 Å². The molecule has 0 amide bonds. The SMILES string of the molecule is CCOC1C=CN(OC(=O)c2ccccc2)C(c2ccc(C#N)cc2)C1. The lowest BCUT2D eigenvalue weighted by Gasteiger charge is -2.34. The summed E-state index contributed by atoms with van der Waals surface area (Å²) in [5.41, 5.74) is 2.04. The Morgan fingerprint density at radius 1 is 1.19 bits per heavy atom. The maximum atomic E-state index is 12.4. The fourth-order valence-electron chi connectivity index (χ4n) is 2.90. The van der Waals surface area contributed by atoms with Crippen molar-refractivity contribution in [1.29, 1.82) is 5.26 Å². The van der Waals surface area contributed by atoms with Gasteiger partial charge in [0.15, 0.2) is 0 Å². The van der Waals surface area contributed by atoms with E-state index >= 15 is 0 Å². The predicted molar refractivity (Wildman–Crippen MR) is 96.8 cm³/mol. The minimum absolute atomic E-state index is 0.0488. The van der Waals surface area contributed by atoms with Crippen molar-refractivity contribution in [3.63, 3.8) is 0 Å². The minimum Gasteiger partial charge on any atom is -0.374 e. The molecule has 5 nitrogen and oxygen atoms in total. The zero-order chi connectivity index (χ0) is 18.4. The van der Waals surface area contributed by atoms with Crippen molar-refractivity contribution in [2.24, 2.45) is 0 Å². The Hall–Kier alpha value is -3.10. The first kappa shape index (κ1) is 17.7. The van der Waals surface area contributed by atoms with Crippen molar-refractivity contribution in [3.8, 4) is 6.07 Å². The quantitative estimate of drug-likeness (QED) is 0.817. The van der Waals surface area contributed by atoms with Crippen LogP contribution in [0, 0.1) is 11.3 Å². The van der Waals surface area contributed by atoms with E-state index in [0.717, 1.165) is 5.56 Å². The average molecular weight is 348 g/mol.